The summed E-state index contributed by atoms with van der Waals surface area (Å²) < 4.78 is 40.2. The van der Waals surface area contributed by atoms with Gasteiger partial charge in [0.2, 0.25) is 0 Å². The monoisotopic (exact) mass is 556 g/mol. The number of benzene rings is 1. The Labute approximate surface area is 198 Å². The van der Waals surface area contributed by atoms with E-state index in [1.807, 2.05) is 25.7 Å². The summed E-state index contributed by atoms with van der Waals surface area (Å²) in [5, 5.41) is 0. The van der Waals surface area contributed by atoms with Crippen molar-refractivity contribution in [1.29, 1.82) is 0 Å². The molecule has 1 aromatic carbocycles. The second-order valence-corrected chi connectivity index (χ2v) is 7.72. The predicted octanol–water partition coefficient (Wildman–Crippen LogP) is 3.67. The third-order valence-electron chi connectivity index (χ3n) is 4.20. The molecule has 1 aliphatic heterocycles. The maximum absolute atomic E-state index is 12.5. The predicted molar refractivity (Wildman–Crippen MR) is 124 cm³/mol. The molecule has 0 spiro atoms. The van der Waals surface area contributed by atoms with Crippen LogP contribution in [0.1, 0.15) is 33.3 Å². The summed E-state index contributed by atoms with van der Waals surface area (Å²) in [4.78, 5) is 20.0. The van der Waals surface area contributed by atoms with Gasteiger partial charge in [-0.25, -0.2) is 9.79 Å². The van der Waals surface area contributed by atoms with Gasteiger partial charge in [-0.3, -0.25) is 0 Å². The lowest BCUT2D eigenvalue weighted by Gasteiger charge is -2.36. The molecule has 0 radical (unpaired) electrons. The standard InChI is InChI=1S/C20H30F2N4O4.HI/c1-5-28-16-12-14(6-7-15(16)29-17(21)22)13-24-18(23)25-8-10-26(11-9-25)19(27)30-20(2,3)4;/h6-7,12,17H,5,8-11,13H2,1-4H3,(H2,23,24);1H. The van der Waals surface area contributed by atoms with Crippen LogP contribution in [0.5, 0.6) is 11.5 Å². The van der Waals surface area contributed by atoms with Crippen molar-refractivity contribution < 1.29 is 27.8 Å². The van der Waals surface area contributed by atoms with E-state index in [1.54, 1.807) is 24.0 Å². The summed E-state index contributed by atoms with van der Waals surface area (Å²) in [6.07, 6.45) is -0.341. The van der Waals surface area contributed by atoms with Gasteiger partial charge < -0.3 is 29.7 Å². The zero-order valence-electron chi connectivity index (χ0n) is 18.3. The number of ether oxygens (including phenoxy) is 3. The highest BCUT2D eigenvalue weighted by Crippen LogP contribution is 2.30. The highest BCUT2D eigenvalue weighted by molar-refractivity contribution is 14.0. The van der Waals surface area contributed by atoms with Crippen LogP contribution in [0.3, 0.4) is 0 Å². The number of halogens is 3. The molecule has 2 rings (SSSR count). The summed E-state index contributed by atoms with van der Waals surface area (Å²) in [5.41, 5.74) is 6.31. The van der Waals surface area contributed by atoms with Crippen LogP contribution >= 0.6 is 24.0 Å². The molecule has 1 amide bonds. The van der Waals surface area contributed by atoms with Gasteiger partial charge in [0.15, 0.2) is 17.5 Å². The van der Waals surface area contributed by atoms with E-state index in [0.29, 0.717) is 38.7 Å². The lowest BCUT2D eigenvalue weighted by Crippen LogP contribution is -2.53. The zero-order chi connectivity index (χ0) is 22.3. The first-order valence-corrected chi connectivity index (χ1v) is 9.82. The molecule has 1 aromatic rings. The number of piperazine rings is 1. The Morgan fingerprint density at radius 2 is 1.77 bits per heavy atom. The Morgan fingerprint density at radius 1 is 1.16 bits per heavy atom. The van der Waals surface area contributed by atoms with Crippen molar-refractivity contribution in [1.82, 2.24) is 9.80 Å². The number of guanidine groups is 1. The molecular formula is C20H31F2IN4O4. The summed E-state index contributed by atoms with van der Waals surface area (Å²) in [6, 6.07) is 4.67. The van der Waals surface area contributed by atoms with Gasteiger partial charge in [0.05, 0.1) is 13.2 Å². The molecule has 31 heavy (non-hydrogen) atoms. The van der Waals surface area contributed by atoms with Crippen molar-refractivity contribution >= 4 is 36.0 Å². The first-order valence-electron chi connectivity index (χ1n) is 9.82. The van der Waals surface area contributed by atoms with E-state index in [0.717, 1.165) is 5.56 Å². The first kappa shape index (κ1) is 27.0. The number of hydrogen-bond donors (Lipinski definition) is 1. The molecule has 0 saturated carbocycles. The summed E-state index contributed by atoms with van der Waals surface area (Å²) in [5.74, 6) is 0.561. The minimum Gasteiger partial charge on any atom is -0.490 e. The van der Waals surface area contributed by atoms with Crippen molar-refractivity contribution in [3.63, 3.8) is 0 Å². The lowest BCUT2D eigenvalue weighted by molar-refractivity contribution is -0.0514. The molecule has 1 heterocycles. The second-order valence-electron chi connectivity index (χ2n) is 7.72. The van der Waals surface area contributed by atoms with E-state index < -0.39 is 12.2 Å². The van der Waals surface area contributed by atoms with Gasteiger partial charge in [-0.05, 0) is 45.4 Å². The van der Waals surface area contributed by atoms with Gasteiger partial charge >= 0.3 is 12.7 Å². The number of alkyl halides is 2. The fourth-order valence-electron chi connectivity index (χ4n) is 2.83. The lowest BCUT2D eigenvalue weighted by atomic mass is 10.2. The number of rotatable bonds is 6. The number of nitrogens with zero attached hydrogens (tertiary/aromatic N) is 3. The van der Waals surface area contributed by atoms with E-state index in [1.165, 1.54) is 6.07 Å². The summed E-state index contributed by atoms with van der Waals surface area (Å²) in [7, 11) is 0. The SMILES string of the molecule is CCOc1cc(CN=C(N)N2CCN(C(=O)OC(C)(C)C)CC2)ccc1OC(F)F.I. The van der Waals surface area contributed by atoms with Crippen LogP contribution in [0.25, 0.3) is 0 Å². The number of amides is 1. The van der Waals surface area contributed by atoms with Gasteiger partial charge in [-0.15, -0.1) is 24.0 Å². The molecule has 8 nitrogen and oxygen atoms in total. The number of carbonyl (C=O) groups excluding carboxylic acids is 1. The Bertz CT molecular complexity index is 751. The smallest absolute Gasteiger partial charge is 0.410 e. The molecule has 0 bridgehead atoms. The van der Waals surface area contributed by atoms with Gasteiger partial charge in [-0.2, -0.15) is 8.78 Å². The van der Waals surface area contributed by atoms with Crippen LogP contribution in [0, 0.1) is 0 Å². The Hall–Kier alpha value is -2.05. The van der Waals surface area contributed by atoms with E-state index in [9.17, 15) is 13.6 Å². The molecule has 176 valence electrons. The van der Waals surface area contributed by atoms with Crippen molar-refractivity contribution in [2.45, 2.75) is 46.5 Å². The van der Waals surface area contributed by atoms with Crippen molar-refractivity contribution in [2.75, 3.05) is 32.8 Å². The third-order valence-corrected chi connectivity index (χ3v) is 4.20. The van der Waals surface area contributed by atoms with Crippen molar-refractivity contribution in [2.24, 2.45) is 10.7 Å². The molecule has 0 unspecified atom stereocenters. The second kappa shape index (κ2) is 12.1. The Morgan fingerprint density at radius 3 is 2.32 bits per heavy atom. The van der Waals surface area contributed by atoms with Crippen LogP contribution in [0.2, 0.25) is 0 Å². The van der Waals surface area contributed by atoms with E-state index in [-0.39, 0.29) is 48.1 Å². The van der Waals surface area contributed by atoms with Crippen LogP contribution in [-0.4, -0.2) is 66.9 Å². The summed E-state index contributed by atoms with van der Waals surface area (Å²) >= 11 is 0. The minimum atomic E-state index is -2.93. The number of carbonyl (C=O) groups is 1. The van der Waals surface area contributed by atoms with E-state index in [4.69, 9.17) is 15.2 Å². The maximum atomic E-state index is 12.5. The number of aliphatic imine (C=N–C) groups is 1. The zero-order valence-corrected chi connectivity index (χ0v) is 20.6. The van der Waals surface area contributed by atoms with Crippen LogP contribution < -0.4 is 15.2 Å². The molecule has 0 aromatic heterocycles. The summed E-state index contributed by atoms with van der Waals surface area (Å²) in [6.45, 7) is 6.94. The van der Waals surface area contributed by atoms with Crippen LogP contribution in [0.15, 0.2) is 23.2 Å². The van der Waals surface area contributed by atoms with Crippen LogP contribution in [0.4, 0.5) is 13.6 Å². The normalized spacial score (nSPS) is 14.9. The van der Waals surface area contributed by atoms with Gasteiger partial charge in [0.1, 0.15) is 5.60 Å². The largest absolute Gasteiger partial charge is 0.490 e. The minimum absolute atomic E-state index is 0. The Kier molecular flexibility index (Phi) is 10.5. The molecular weight excluding hydrogens is 525 g/mol. The van der Waals surface area contributed by atoms with Gasteiger partial charge in [-0.1, -0.05) is 6.07 Å². The first-order chi connectivity index (χ1) is 14.1. The quantitative estimate of drug-likeness (QED) is 0.327. The van der Waals surface area contributed by atoms with Crippen molar-refractivity contribution in [3.8, 4) is 11.5 Å². The highest BCUT2D eigenvalue weighted by Gasteiger charge is 2.26. The number of nitrogens with two attached hydrogens (primary N) is 1. The van der Waals surface area contributed by atoms with E-state index >= 15 is 0 Å². The topological polar surface area (TPSA) is 89.6 Å². The molecule has 1 saturated heterocycles. The number of hydrogen-bond acceptors (Lipinski definition) is 5. The van der Waals surface area contributed by atoms with Gasteiger partial charge in [0, 0.05) is 26.2 Å². The average molecular weight is 556 g/mol. The molecule has 2 N–H and O–H groups in total. The maximum Gasteiger partial charge on any atom is 0.410 e. The average Bonchev–Trinajstić information content (AvgIpc) is 2.66. The van der Waals surface area contributed by atoms with E-state index in [2.05, 4.69) is 9.73 Å². The molecule has 0 aliphatic carbocycles. The molecule has 1 fully saturated rings. The fraction of sp³-hybridized carbons (Fsp3) is 0.600. The molecule has 0 atom stereocenters. The van der Waals surface area contributed by atoms with Crippen molar-refractivity contribution in [3.05, 3.63) is 23.8 Å². The molecule has 1 aliphatic rings. The van der Waals surface area contributed by atoms with Gasteiger partial charge in [0.25, 0.3) is 0 Å². The molecule has 11 heteroatoms. The highest BCUT2D eigenvalue weighted by atomic mass is 127. The Balaban J connectivity index is 0.00000480. The van der Waals surface area contributed by atoms with Crippen LogP contribution in [-0.2, 0) is 11.3 Å². The third kappa shape index (κ3) is 8.91. The fourth-order valence-corrected chi connectivity index (χ4v) is 2.83.